The molecule has 0 aliphatic carbocycles. The Balaban J connectivity index is 2.53. The normalized spacial score (nSPS) is 17.1. The van der Waals surface area contributed by atoms with Crippen LogP contribution in [0, 0.1) is 11.8 Å². The Labute approximate surface area is 218 Å². The molecule has 3 N–H and O–H groups in total. The average molecular weight is 492 g/mol. The summed E-state index contributed by atoms with van der Waals surface area (Å²) in [7, 11) is 0. The van der Waals surface area contributed by atoms with Gasteiger partial charge in [0.25, 0.3) is 0 Å². The lowest BCUT2D eigenvalue weighted by Gasteiger charge is -2.19. The Kier molecular flexibility index (Phi) is 15.1. The summed E-state index contributed by atoms with van der Waals surface area (Å²) in [6.45, 7) is 11.7. The van der Waals surface area contributed by atoms with E-state index in [-0.39, 0.29) is 24.5 Å². The Bertz CT molecular complexity index is 966. The van der Waals surface area contributed by atoms with E-state index in [2.05, 4.69) is 48.7 Å². The van der Waals surface area contributed by atoms with E-state index in [9.17, 15) is 9.90 Å². The number of nitrogens with one attached hydrogen (secondary N) is 1. The Morgan fingerprint density at radius 2 is 1.58 bits per heavy atom. The van der Waals surface area contributed by atoms with Crippen molar-refractivity contribution in [3.05, 3.63) is 107 Å². The Morgan fingerprint density at radius 1 is 0.944 bits per heavy atom. The molecule has 4 heteroatoms. The van der Waals surface area contributed by atoms with Crippen LogP contribution in [-0.2, 0) is 11.2 Å². The van der Waals surface area contributed by atoms with E-state index >= 15 is 0 Å². The zero-order valence-corrected chi connectivity index (χ0v) is 22.8. The number of carbonyl (C=O) groups is 1. The minimum Gasteiger partial charge on any atom is -0.394 e. The van der Waals surface area contributed by atoms with E-state index in [1.54, 1.807) is 26.0 Å². The highest BCUT2D eigenvalue weighted by molar-refractivity contribution is 5.93. The summed E-state index contributed by atoms with van der Waals surface area (Å²) in [5.74, 6) is 0.241. The second-order valence-electron chi connectivity index (χ2n) is 9.66. The van der Waals surface area contributed by atoms with Gasteiger partial charge < -0.3 is 15.5 Å². The maximum atomic E-state index is 11.9. The maximum absolute atomic E-state index is 11.9. The molecule has 0 aliphatic heterocycles. The molecule has 1 amide bonds. The van der Waals surface area contributed by atoms with Gasteiger partial charge in [0.2, 0.25) is 5.91 Å². The molecule has 0 saturated carbocycles. The van der Waals surface area contributed by atoms with Gasteiger partial charge in [-0.05, 0) is 57.6 Å². The van der Waals surface area contributed by atoms with Crippen LogP contribution >= 0.6 is 0 Å². The summed E-state index contributed by atoms with van der Waals surface area (Å²) in [6, 6.07) is 10.3. The highest BCUT2D eigenvalue weighted by Crippen LogP contribution is 2.19. The fraction of sp³-hybridized carbons (Fsp3) is 0.406. The SMILES string of the molecule is CC(/C=C/C=C/C=C/C=C(\C)C(=O)NC(C)CO)=C\C(C)C(O)/C(C)=C/C(C)CCc1ccccc1. The first-order valence-corrected chi connectivity index (χ1v) is 12.8. The molecular formula is C32H45NO3. The van der Waals surface area contributed by atoms with Gasteiger partial charge in [0.05, 0.1) is 12.7 Å². The van der Waals surface area contributed by atoms with Crippen molar-refractivity contribution in [3.8, 4) is 0 Å². The first-order chi connectivity index (χ1) is 17.1. The third-order valence-corrected chi connectivity index (χ3v) is 5.93. The smallest absolute Gasteiger partial charge is 0.247 e. The molecule has 0 aromatic heterocycles. The number of benzene rings is 1. The monoisotopic (exact) mass is 491 g/mol. The number of aliphatic hydroxyl groups is 2. The molecule has 1 aromatic rings. The van der Waals surface area contributed by atoms with Crippen LogP contribution in [0.1, 0.15) is 53.5 Å². The van der Waals surface area contributed by atoms with Gasteiger partial charge in [-0.25, -0.2) is 0 Å². The van der Waals surface area contributed by atoms with E-state index in [1.807, 2.05) is 57.2 Å². The van der Waals surface area contributed by atoms with E-state index < -0.39 is 6.10 Å². The number of aliphatic hydroxyl groups excluding tert-OH is 2. The van der Waals surface area contributed by atoms with Gasteiger partial charge in [0.15, 0.2) is 0 Å². The van der Waals surface area contributed by atoms with Crippen LogP contribution in [0.4, 0.5) is 0 Å². The number of hydrogen-bond acceptors (Lipinski definition) is 3. The first-order valence-electron chi connectivity index (χ1n) is 12.8. The van der Waals surface area contributed by atoms with Gasteiger partial charge in [0, 0.05) is 17.5 Å². The molecule has 4 unspecified atom stereocenters. The van der Waals surface area contributed by atoms with Crippen molar-refractivity contribution < 1.29 is 15.0 Å². The zero-order valence-electron chi connectivity index (χ0n) is 22.8. The molecule has 196 valence electrons. The van der Waals surface area contributed by atoms with Crippen LogP contribution in [0.5, 0.6) is 0 Å². The molecule has 0 fully saturated rings. The summed E-state index contributed by atoms with van der Waals surface area (Å²) < 4.78 is 0. The highest BCUT2D eigenvalue weighted by atomic mass is 16.3. The molecule has 0 heterocycles. The third-order valence-electron chi connectivity index (χ3n) is 5.93. The fourth-order valence-electron chi connectivity index (χ4n) is 3.70. The summed E-state index contributed by atoms with van der Waals surface area (Å²) in [6.07, 6.45) is 19.1. The molecule has 0 saturated heterocycles. The van der Waals surface area contributed by atoms with E-state index in [0.29, 0.717) is 11.5 Å². The Morgan fingerprint density at radius 3 is 2.25 bits per heavy atom. The van der Waals surface area contributed by atoms with Crippen molar-refractivity contribution in [3.63, 3.8) is 0 Å². The van der Waals surface area contributed by atoms with E-state index in [4.69, 9.17) is 5.11 Å². The lowest BCUT2D eigenvalue weighted by molar-refractivity contribution is -0.118. The number of hydrogen-bond donors (Lipinski definition) is 3. The second-order valence-corrected chi connectivity index (χ2v) is 9.66. The maximum Gasteiger partial charge on any atom is 0.247 e. The van der Waals surface area contributed by atoms with Gasteiger partial charge in [0.1, 0.15) is 0 Å². The quantitative estimate of drug-likeness (QED) is 0.163. The van der Waals surface area contributed by atoms with Crippen molar-refractivity contribution in [1.82, 2.24) is 5.32 Å². The first kappa shape index (κ1) is 31.1. The van der Waals surface area contributed by atoms with Gasteiger partial charge in [-0.1, -0.05) is 104 Å². The van der Waals surface area contributed by atoms with Crippen molar-refractivity contribution in [1.29, 1.82) is 0 Å². The molecular weight excluding hydrogens is 446 g/mol. The summed E-state index contributed by atoms with van der Waals surface area (Å²) in [5.41, 5.74) is 4.04. The fourth-order valence-corrected chi connectivity index (χ4v) is 3.70. The number of rotatable bonds is 14. The predicted octanol–water partition coefficient (Wildman–Crippen LogP) is 6.26. The van der Waals surface area contributed by atoms with Gasteiger partial charge in [-0.15, -0.1) is 0 Å². The zero-order chi connectivity index (χ0) is 26.9. The van der Waals surface area contributed by atoms with Crippen LogP contribution in [0.3, 0.4) is 0 Å². The number of allylic oxidation sites excluding steroid dienone is 9. The minimum atomic E-state index is -0.501. The summed E-state index contributed by atoms with van der Waals surface area (Å²) in [5, 5.41) is 22.5. The van der Waals surface area contributed by atoms with Crippen LogP contribution in [0.2, 0.25) is 0 Å². The lowest BCUT2D eigenvalue weighted by Crippen LogP contribution is -2.35. The van der Waals surface area contributed by atoms with Crippen molar-refractivity contribution in [2.75, 3.05) is 6.61 Å². The molecule has 36 heavy (non-hydrogen) atoms. The standard InChI is InChI=1S/C32H45NO3/c1-24(15-11-8-7-9-12-16-26(3)32(36)33-29(6)23-34)21-27(4)31(35)28(5)22-25(2)19-20-30-17-13-10-14-18-30/h7-18,21-22,25,27,29,31,34-35H,19-20,23H2,1-6H3,(H,33,36)/b8-7+,12-9+,15-11+,24-21+,26-16+,28-22+. The second kappa shape index (κ2) is 17.5. The molecule has 0 aliphatic rings. The third kappa shape index (κ3) is 13.2. The van der Waals surface area contributed by atoms with Gasteiger partial charge >= 0.3 is 0 Å². The van der Waals surface area contributed by atoms with Crippen molar-refractivity contribution >= 4 is 5.91 Å². The lowest BCUT2D eigenvalue weighted by atomic mass is 9.92. The van der Waals surface area contributed by atoms with Crippen LogP contribution in [-0.4, -0.2) is 34.9 Å². The molecule has 4 nitrogen and oxygen atoms in total. The van der Waals surface area contributed by atoms with Crippen LogP contribution in [0.25, 0.3) is 0 Å². The number of amides is 1. The molecule has 4 atom stereocenters. The highest BCUT2D eigenvalue weighted by Gasteiger charge is 2.14. The molecule has 1 rings (SSSR count). The van der Waals surface area contributed by atoms with Crippen LogP contribution < -0.4 is 5.32 Å². The summed E-state index contributed by atoms with van der Waals surface area (Å²) >= 11 is 0. The van der Waals surface area contributed by atoms with Crippen LogP contribution in [0.15, 0.2) is 102 Å². The summed E-state index contributed by atoms with van der Waals surface area (Å²) in [4.78, 5) is 11.9. The van der Waals surface area contributed by atoms with Crippen molar-refractivity contribution in [2.24, 2.45) is 11.8 Å². The molecule has 0 bridgehead atoms. The molecule has 0 spiro atoms. The van der Waals surface area contributed by atoms with Gasteiger partial charge in [-0.3, -0.25) is 4.79 Å². The predicted molar refractivity (Wildman–Crippen MR) is 152 cm³/mol. The minimum absolute atomic E-state index is 0.0175. The van der Waals surface area contributed by atoms with Gasteiger partial charge in [-0.2, -0.15) is 0 Å². The largest absolute Gasteiger partial charge is 0.394 e. The topological polar surface area (TPSA) is 69.6 Å². The van der Waals surface area contributed by atoms with Crippen molar-refractivity contribution in [2.45, 2.75) is 66.5 Å². The Hall–Kier alpha value is -2.95. The van der Waals surface area contributed by atoms with E-state index in [0.717, 1.165) is 24.0 Å². The number of carbonyl (C=O) groups excluding carboxylic acids is 1. The number of aryl methyl sites for hydroxylation is 1. The van der Waals surface area contributed by atoms with E-state index in [1.165, 1.54) is 5.56 Å². The molecule has 1 aromatic carbocycles. The average Bonchev–Trinajstić information content (AvgIpc) is 2.86. The molecule has 0 radical (unpaired) electrons.